The van der Waals surface area contributed by atoms with E-state index in [0.29, 0.717) is 23.8 Å². The number of anilines is 1. The lowest BCUT2D eigenvalue weighted by molar-refractivity contribution is 0.970. The molecule has 1 aliphatic heterocycles. The van der Waals surface area contributed by atoms with E-state index in [2.05, 4.69) is 37.7 Å². The largest absolute Gasteiger partial charge is 0.354 e. The molecule has 0 spiro atoms. The van der Waals surface area contributed by atoms with E-state index in [1.807, 2.05) is 29.8 Å². The minimum atomic E-state index is 0.482. The molecule has 0 bridgehead atoms. The first-order chi connectivity index (χ1) is 14.7. The average molecular weight is 435 g/mol. The second-order valence-corrected chi connectivity index (χ2v) is 8.05. The Balaban J connectivity index is 1.45. The fourth-order valence-electron chi connectivity index (χ4n) is 3.09. The van der Waals surface area contributed by atoms with Crippen molar-refractivity contribution in [2.24, 2.45) is 0 Å². The molecule has 2 aliphatic rings. The van der Waals surface area contributed by atoms with Crippen LogP contribution in [0.3, 0.4) is 0 Å². The van der Waals surface area contributed by atoms with Gasteiger partial charge in [0, 0.05) is 35.6 Å². The van der Waals surface area contributed by atoms with Crippen molar-refractivity contribution < 1.29 is 0 Å². The Bertz CT molecular complexity index is 1100. The standard InChI is InChI=1S/C22H19ClN6S/c23-17-5-1-4-16(11-17)20-14-30-21(28-20)18(12-24)19-7-10-27-22(29-19)26-9-6-15-3-2-8-25-13-15/h2-4,7-8,10-11,13-14,28H,1,5-6,9H2,(H,26,27,29)/b21-18-. The highest BCUT2D eigenvalue weighted by Crippen LogP contribution is 2.35. The number of hydrogen-bond acceptors (Lipinski definition) is 7. The zero-order valence-corrected chi connectivity index (χ0v) is 17.7. The minimum absolute atomic E-state index is 0.482. The molecule has 0 unspecified atom stereocenters. The molecule has 0 saturated heterocycles. The molecular formula is C22H19ClN6S. The average Bonchev–Trinajstić information content (AvgIpc) is 3.25. The molecule has 0 radical (unpaired) electrons. The van der Waals surface area contributed by atoms with Gasteiger partial charge in [-0.05, 0) is 48.6 Å². The number of thioether (sulfide) groups is 1. The molecule has 0 fully saturated rings. The zero-order chi connectivity index (χ0) is 20.8. The van der Waals surface area contributed by atoms with Crippen molar-refractivity contribution in [2.75, 3.05) is 11.9 Å². The van der Waals surface area contributed by atoms with Gasteiger partial charge in [-0.15, -0.1) is 0 Å². The third-order valence-electron chi connectivity index (χ3n) is 4.58. The summed E-state index contributed by atoms with van der Waals surface area (Å²) in [5.74, 6) is 0.491. The maximum atomic E-state index is 9.77. The van der Waals surface area contributed by atoms with Gasteiger partial charge >= 0.3 is 0 Å². The van der Waals surface area contributed by atoms with Crippen LogP contribution in [0, 0.1) is 11.3 Å². The first-order valence-electron chi connectivity index (χ1n) is 9.54. The summed E-state index contributed by atoms with van der Waals surface area (Å²) >= 11 is 7.65. The van der Waals surface area contributed by atoms with Crippen LogP contribution < -0.4 is 10.6 Å². The summed E-state index contributed by atoms with van der Waals surface area (Å²) in [6.45, 7) is 0.674. The number of allylic oxidation sites excluding steroid dienone is 4. The summed E-state index contributed by atoms with van der Waals surface area (Å²) < 4.78 is 0. The van der Waals surface area contributed by atoms with Gasteiger partial charge in [-0.2, -0.15) is 5.26 Å². The Morgan fingerprint density at radius 3 is 3.07 bits per heavy atom. The summed E-state index contributed by atoms with van der Waals surface area (Å²) in [6.07, 6.45) is 12.0. The van der Waals surface area contributed by atoms with Crippen molar-refractivity contribution in [2.45, 2.75) is 19.3 Å². The second kappa shape index (κ2) is 9.61. The Morgan fingerprint density at radius 2 is 2.27 bits per heavy atom. The van der Waals surface area contributed by atoms with E-state index >= 15 is 0 Å². The van der Waals surface area contributed by atoms with Gasteiger partial charge in [0.1, 0.15) is 11.6 Å². The summed E-state index contributed by atoms with van der Waals surface area (Å²) in [5.41, 5.74) is 4.19. The van der Waals surface area contributed by atoms with E-state index in [4.69, 9.17) is 11.6 Å². The molecule has 8 heteroatoms. The zero-order valence-electron chi connectivity index (χ0n) is 16.1. The lowest BCUT2D eigenvalue weighted by Gasteiger charge is -2.12. The molecule has 2 aromatic heterocycles. The lowest BCUT2D eigenvalue weighted by atomic mass is 10.0. The van der Waals surface area contributed by atoms with Gasteiger partial charge in [-0.1, -0.05) is 35.5 Å². The lowest BCUT2D eigenvalue weighted by Crippen LogP contribution is -2.11. The quantitative estimate of drug-likeness (QED) is 0.635. The van der Waals surface area contributed by atoms with Crippen molar-refractivity contribution in [3.8, 4) is 6.07 Å². The smallest absolute Gasteiger partial charge is 0.223 e. The molecule has 0 atom stereocenters. The first kappa shape index (κ1) is 20.2. The van der Waals surface area contributed by atoms with E-state index < -0.39 is 0 Å². The molecule has 30 heavy (non-hydrogen) atoms. The number of hydrogen-bond donors (Lipinski definition) is 2. The third-order valence-corrected chi connectivity index (χ3v) is 5.78. The molecule has 0 aromatic carbocycles. The van der Waals surface area contributed by atoms with E-state index in [0.717, 1.165) is 46.2 Å². The molecule has 1 aliphatic carbocycles. The van der Waals surface area contributed by atoms with Crippen LogP contribution in [0.5, 0.6) is 0 Å². The van der Waals surface area contributed by atoms with Crippen LogP contribution in [0.4, 0.5) is 5.95 Å². The van der Waals surface area contributed by atoms with Crippen LogP contribution in [-0.4, -0.2) is 21.5 Å². The van der Waals surface area contributed by atoms with Crippen LogP contribution in [-0.2, 0) is 6.42 Å². The van der Waals surface area contributed by atoms with Gasteiger partial charge in [-0.3, -0.25) is 4.98 Å². The van der Waals surface area contributed by atoms with Gasteiger partial charge in [0.2, 0.25) is 5.95 Å². The Morgan fingerprint density at radius 1 is 1.33 bits per heavy atom. The number of nitrogens with zero attached hydrogens (tertiary/aromatic N) is 4. The summed E-state index contributed by atoms with van der Waals surface area (Å²) in [7, 11) is 0. The molecule has 2 N–H and O–H groups in total. The van der Waals surface area contributed by atoms with Crippen LogP contribution >= 0.6 is 23.4 Å². The Labute approximate surface area is 184 Å². The van der Waals surface area contributed by atoms with Crippen LogP contribution in [0.2, 0.25) is 0 Å². The normalized spacial score (nSPS) is 17.3. The molecule has 4 rings (SSSR count). The maximum Gasteiger partial charge on any atom is 0.223 e. The monoisotopic (exact) mass is 434 g/mol. The van der Waals surface area contributed by atoms with Gasteiger partial charge in [-0.25, -0.2) is 9.97 Å². The topological polar surface area (TPSA) is 86.5 Å². The van der Waals surface area contributed by atoms with Crippen molar-refractivity contribution in [1.29, 1.82) is 5.26 Å². The fourth-order valence-corrected chi connectivity index (χ4v) is 4.18. The summed E-state index contributed by atoms with van der Waals surface area (Å²) in [5, 5.41) is 19.9. The van der Waals surface area contributed by atoms with Crippen molar-refractivity contribution in [3.63, 3.8) is 0 Å². The molecule has 6 nitrogen and oxygen atoms in total. The molecule has 0 saturated carbocycles. The second-order valence-electron chi connectivity index (χ2n) is 6.68. The highest BCUT2D eigenvalue weighted by Gasteiger charge is 2.20. The first-order valence-corrected chi connectivity index (χ1v) is 10.8. The van der Waals surface area contributed by atoms with Crippen LogP contribution in [0.25, 0.3) is 5.57 Å². The molecule has 150 valence electrons. The van der Waals surface area contributed by atoms with E-state index in [9.17, 15) is 5.26 Å². The molecular weight excluding hydrogens is 416 g/mol. The molecule has 0 amide bonds. The third kappa shape index (κ3) is 4.90. The predicted molar refractivity (Wildman–Crippen MR) is 121 cm³/mol. The Hall–Kier alpha value is -3.08. The summed E-state index contributed by atoms with van der Waals surface area (Å²) in [6, 6.07) is 7.97. The van der Waals surface area contributed by atoms with Gasteiger partial charge in [0.25, 0.3) is 0 Å². The number of halogens is 1. The summed E-state index contributed by atoms with van der Waals surface area (Å²) in [4.78, 5) is 12.9. The SMILES string of the molecule is N#C/C(=C1\NC(C2=CCCC(Cl)=C2)=CS1)c1ccnc(NCCc2cccnc2)n1. The number of nitriles is 1. The van der Waals surface area contributed by atoms with E-state index in [1.54, 1.807) is 18.5 Å². The fraction of sp³-hybridized carbons (Fsp3) is 0.182. The van der Waals surface area contributed by atoms with Crippen molar-refractivity contribution in [1.82, 2.24) is 20.3 Å². The van der Waals surface area contributed by atoms with Gasteiger partial charge < -0.3 is 10.6 Å². The minimum Gasteiger partial charge on any atom is -0.354 e. The van der Waals surface area contributed by atoms with E-state index in [-0.39, 0.29) is 0 Å². The number of pyridine rings is 1. The highest BCUT2D eigenvalue weighted by molar-refractivity contribution is 8.06. The van der Waals surface area contributed by atoms with Gasteiger partial charge in [0.15, 0.2) is 0 Å². The van der Waals surface area contributed by atoms with Crippen molar-refractivity contribution in [3.05, 3.63) is 86.9 Å². The number of rotatable bonds is 6. The van der Waals surface area contributed by atoms with Crippen molar-refractivity contribution >= 4 is 34.9 Å². The predicted octanol–water partition coefficient (Wildman–Crippen LogP) is 4.74. The number of nitrogens with one attached hydrogen (secondary N) is 2. The molecule has 3 heterocycles. The number of aromatic nitrogens is 3. The maximum absolute atomic E-state index is 9.77. The Kier molecular flexibility index (Phi) is 6.47. The van der Waals surface area contributed by atoms with Gasteiger partial charge in [0.05, 0.1) is 16.4 Å². The highest BCUT2D eigenvalue weighted by atomic mass is 35.5. The molecule has 2 aromatic rings. The van der Waals surface area contributed by atoms with Crippen LogP contribution in [0.1, 0.15) is 24.1 Å². The van der Waals surface area contributed by atoms with E-state index in [1.165, 1.54) is 11.8 Å². The van der Waals surface area contributed by atoms with Crippen LogP contribution in [0.15, 0.2) is 75.7 Å².